The largest absolute Gasteiger partial charge is 0.329 e. The van der Waals surface area contributed by atoms with Gasteiger partial charge >= 0.3 is 0 Å². The second-order valence-electron chi connectivity index (χ2n) is 7.76. The molecule has 9 N–H and O–H groups in total. The van der Waals surface area contributed by atoms with E-state index >= 15 is 0 Å². The van der Waals surface area contributed by atoms with Crippen LogP contribution in [0.5, 0.6) is 0 Å². The Bertz CT molecular complexity index is 301. The highest BCUT2D eigenvalue weighted by atomic mass is 15.1. The summed E-state index contributed by atoms with van der Waals surface area (Å²) in [7, 11) is 0. The maximum absolute atomic E-state index is 5.76. The molecule has 6 unspecified atom stereocenters. The third-order valence-electron chi connectivity index (χ3n) is 4.23. The van der Waals surface area contributed by atoms with Crippen LogP contribution in [0.4, 0.5) is 0 Å². The van der Waals surface area contributed by atoms with E-state index in [4.69, 9.17) is 11.5 Å². The zero-order valence-corrected chi connectivity index (χ0v) is 17.4. The van der Waals surface area contributed by atoms with Crippen molar-refractivity contribution < 1.29 is 0 Å². The Hall–Kier alpha value is -0.280. The van der Waals surface area contributed by atoms with Gasteiger partial charge in [0.2, 0.25) is 0 Å². The smallest absolute Gasteiger partial charge is 0.0164 e. The van der Waals surface area contributed by atoms with Gasteiger partial charge in [0, 0.05) is 75.5 Å². The van der Waals surface area contributed by atoms with Gasteiger partial charge in [0.15, 0.2) is 0 Å². The fourth-order valence-electron chi connectivity index (χ4n) is 2.27. The third-order valence-corrected chi connectivity index (χ3v) is 4.23. The lowest BCUT2D eigenvalue weighted by molar-refractivity contribution is 0.399. The summed E-state index contributed by atoms with van der Waals surface area (Å²) in [6.45, 7) is 18.3. The first-order valence-electron chi connectivity index (χ1n) is 9.87. The van der Waals surface area contributed by atoms with E-state index in [0.29, 0.717) is 36.8 Å². The topological polar surface area (TPSA) is 112 Å². The highest BCUT2D eigenvalue weighted by Crippen LogP contribution is 1.88. The summed E-state index contributed by atoms with van der Waals surface area (Å²) in [6, 6.07) is 2.31. The monoisotopic (exact) mass is 359 g/mol. The van der Waals surface area contributed by atoms with Crippen molar-refractivity contribution in [3.63, 3.8) is 0 Å². The molecule has 0 aromatic carbocycles. The SMILES string of the molecule is CC(N)CNC(C)CNC(C)CNC(C)CNC(C)CNC(C)CN. The quantitative estimate of drug-likeness (QED) is 0.193. The molecule has 0 saturated heterocycles. The van der Waals surface area contributed by atoms with Crippen molar-refractivity contribution in [1.29, 1.82) is 0 Å². The Morgan fingerprint density at radius 2 is 0.800 bits per heavy atom. The van der Waals surface area contributed by atoms with Gasteiger partial charge < -0.3 is 38.1 Å². The lowest BCUT2D eigenvalue weighted by atomic mass is 10.2. The van der Waals surface area contributed by atoms with E-state index in [-0.39, 0.29) is 6.04 Å². The van der Waals surface area contributed by atoms with Crippen LogP contribution >= 0.6 is 0 Å². The standard InChI is InChI=1S/C18H45N7/c1-13(20)8-21-15(3)10-23-17(5)12-25-18(6)11-24-16(4)9-22-14(2)7-19/h13-18,21-25H,7-12,19-20H2,1-6H3. The average molecular weight is 360 g/mol. The van der Waals surface area contributed by atoms with E-state index in [9.17, 15) is 0 Å². The third kappa shape index (κ3) is 15.7. The molecule has 0 bridgehead atoms. The molecule has 0 heterocycles. The van der Waals surface area contributed by atoms with E-state index in [2.05, 4.69) is 61.2 Å². The molecule has 0 saturated carbocycles. The summed E-state index contributed by atoms with van der Waals surface area (Å²) in [5.74, 6) is 0. The first-order chi connectivity index (χ1) is 11.7. The van der Waals surface area contributed by atoms with Gasteiger partial charge in [0.1, 0.15) is 0 Å². The van der Waals surface area contributed by atoms with Crippen molar-refractivity contribution in [2.24, 2.45) is 11.5 Å². The normalized spacial score (nSPS) is 19.2. The van der Waals surface area contributed by atoms with E-state index in [1.807, 2.05) is 6.92 Å². The first kappa shape index (κ1) is 24.7. The highest BCUT2D eigenvalue weighted by molar-refractivity contribution is 4.75. The van der Waals surface area contributed by atoms with Crippen molar-refractivity contribution in [1.82, 2.24) is 26.6 Å². The fourth-order valence-corrected chi connectivity index (χ4v) is 2.27. The van der Waals surface area contributed by atoms with Crippen LogP contribution in [0.25, 0.3) is 0 Å². The lowest BCUT2D eigenvalue weighted by Gasteiger charge is -2.23. The molecule has 0 fully saturated rings. The number of hydrogen-bond acceptors (Lipinski definition) is 7. The summed E-state index contributed by atoms with van der Waals surface area (Å²) in [5.41, 5.74) is 11.4. The van der Waals surface area contributed by atoms with Gasteiger partial charge in [-0.15, -0.1) is 0 Å². The molecule has 152 valence electrons. The van der Waals surface area contributed by atoms with Crippen molar-refractivity contribution in [2.45, 2.75) is 77.8 Å². The van der Waals surface area contributed by atoms with Crippen LogP contribution in [0, 0.1) is 0 Å². The van der Waals surface area contributed by atoms with Crippen LogP contribution in [-0.4, -0.2) is 75.5 Å². The van der Waals surface area contributed by atoms with Crippen LogP contribution in [-0.2, 0) is 0 Å². The number of nitrogens with one attached hydrogen (secondary N) is 5. The van der Waals surface area contributed by atoms with Crippen LogP contribution in [0.15, 0.2) is 0 Å². The van der Waals surface area contributed by atoms with Gasteiger partial charge in [-0.05, 0) is 41.5 Å². The predicted octanol–water partition coefficient (Wildman–Crippen LogP) is -0.817. The number of rotatable bonds is 16. The maximum atomic E-state index is 5.76. The molecule has 0 amide bonds. The van der Waals surface area contributed by atoms with Gasteiger partial charge in [-0.3, -0.25) is 0 Å². The zero-order valence-electron chi connectivity index (χ0n) is 17.4. The van der Waals surface area contributed by atoms with E-state index in [0.717, 1.165) is 32.7 Å². The maximum Gasteiger partial charge on any atom is 0.0164 e. The summed E-state index contributed by atoms with van der Waals surface area (Å²) < 4.78 is 0. The predicted molar refractivity (Wildman–Crippen MR) is 110 cm³/mol. The Balaban J connectivity index is 3.70. The number of hydrogen-bond donors (Lipinski definition) is 7. The summed E-state index contributed by atoms with van der Waals surface area (Å²) in [5, 5.41) is 17.5. The molecule has 0 radical (unpaired) electrons. The molecule has 0 aliphatic carbocycles. The summed E-state index contributed by atoms with van der Waals surface area (Å²) in [6.07, 6.45) is 0. The molecule has 6 atom stereocenters. The average Bonchev–Trinajstić information content (AvgIpc) is 2.58. The molecule has 25 heavy (non-hydrogen) atoms. The van der Waals surface area contributed by atoms with Crippen molar-refractivity contribution in [2.75, 3.05) is 39.3 Å². The van der Waals surface area contributed by atoms with Gasteiger partial charge in [-0.25, -0.2) is 0 Å². The van der Waals surface area contributed by atoms with Crippen LogP contribution < -0.4 is 38.1 Å². The molecule has 0 aromatic heterocycles. The molecule has 0 aromatic rings. The molecule has 0 spiro atoms. The molecular formula is C18H45N7. The second kappa shape index (κ2) is 14.8. The van der Waals surface area contributed by atoms with Crippen molar-refractivity contribution in [3.8, 4) is 0 Å². The van der Waals surface area contributed by atoms with Gasteiger partial charge in [0.05, 0.1) is 0 Å². The van der Waals surface area contributed by atoms with E-state index in [1.54, 1.807) is 0 Å². The summed E-state index contributed by atoms with van der Waals surface area (Å²) in [4.78, 5) is 0. The van der Waals surface area contributed by atoms with Crippen LogP contribution in [0.3, 0.4) is 0 Å². The Morgan fingerprint density at radius 1 is 0.520 bits per heavy atom. The van der Waals surface area contributed by atoms with Gasteiger partial charge in [-0.1, -0.05) is 0 Å². The summed E-state index contributed by atoms with van der Waals surface area (Å²) >= 11 is 0. The molecule has 0 aliphatic heterocycles. The Morgan fingerprint density at radius 3 is 1.08 bits per heavy atom. The number of nitrogens with two attached hydrogens (primary N) is 2. The minimum absolute atomic E-state index is 0.200. The Labute approximate surface area is 155 Å². The molecule has 0 rings (SSSR count). The molecule has 7 heteroatoms. The van der Waals surface area contributed by atoms with Gasteiger partial charge in [0.25, 0.3) is 0 Å². The molecule has 0 aliphatic rings. The fraction of sp³-hybridized carbons (Fsp3) is 1.00. The first-order valence-corrected chi connectivity index (χ1v) is 9.87. The minimum Gasteiger partial charge on any atom is -0.329 e. The van der Waals surface area contributed by atoms with Crippen molar-refractivity contribution in [3.05, 3.63) is 0 Å². The van der Waals surface area contributed by atoms with Crippen LogP contribution in [0.2, 0.25) is 0 Å². The van der Waals surface area contributed by atoms with Gasteiger partial charge in [-0.2, -0.15) is 0 Å². The Kier molecular flexibility index (Phi) is 14.7. The van der Waals surface area contributed by atoms with Crippen LogP contribution in [0.1, 0.15) is 41.5 Å². The zero-order chi connectivity index (χ0) is 19.2. The second-order valence-corrected chi connectivity index (χ2v) is 7.76. The van der Waals surface area contributed by atoms with Crippen molar-refractivity contribution >= 4 is 0 Å². The lowest BCUT2D eigenvalue weighted by Crippen LogP contribution is -2.49. The highest BCUT2D eigenvalue weighted by Gasteiger charge is 2.09. The molecule has 7 nitrogen and oxygen atoms in total. The van der Waals surface area contributed by atoms with E-state index < -0.39 is 0 Å². The molecular weight excluding hydrogens is 314 g/mol. The van der Waals surface area contributed by atoms with E-state index in [1.165, 1.54) is 0 Å². The minimum atomic E-state index is 0.200.